The lowest BCUT2D eigenvalue weighted by Gasteiger charge is -2.09. The van der Waals surface area contributed by atoms with Crippen molar-refractivity contribution in [3.05, 3.63) is 22.1 Å². The third kappa shape index (κ3) is 3.72. The second kappa shape index (κ2) is 6.96. The standard InChI is InChI=1S/C13H14F3NO4S3/c1-3-21-11(18)10-8-6-4-5-7-9(8)12(22-10)23(2)17-24(19,20)13(14,15)16/h5,7H,3-4,6H2,1-2H3. The van der Waals surface area contributed by atoms with E-state index in [1.54, 1.807) is 13.0 Å². The van der Waals surface area contributed by atoms with Crippen molar-refractivity contribution >= 4 is 44.1 Å². The second-order valence-electron chi connectivity index (χ2n) is 4.75. The SMILES string of the molecule is CCOC(=O)c1sc(S(C)=NS(=O)(=O)C(F)(F)F)c2c1CCC=C2. The fourth-order valence-electron chi connectivity index (χ4n) is 2.10. The van der Waals surface area contributed by atoms with Crippen LogP contribution in [0.15, 0.2) is 14.1 Å². The van der Waals surface area contributed by atoms with Gasteiger partial charge in [-0.1, -0.05) is 12.2 Å². The van der Waals surface area contributed by atoms with Gasteiger partial charge in [0.2, 0.25) is 0 Å². The number of thiophene rings is 1. The summed E-state index contributed by atoms with van der Waals surface area (Å²) in [5, 5.41) is 0. The maximum Gasteiger partial charge on any atom is 0.519 e. The highest BCUT2D eigenvalue weighted by atomic mass is 32.3. The maximum absolute atomic E-state index is 12.5. The summed E-state index contributed by atoms with van der Waals surface area (Å²) >= 11 is 0.944. The van der Waals surface area contributed by atoms with Crippen molar-refractivity contribution in [1.82, 2.24) is 0 Å². The number of esters is 1. The molecule has 0 spiro atoms. The topological polar surface area (TPSA) is 72.8 Å². The van der Waals surface area contributed by atoms with Crippen LogP contribution in [0.3, 0.4) is 0 Å². The summed E-state index contributed by atoms with van der Waals surface area (Å²) < 4.78 is 68.3. The summed E-state index contributed by atoms with van der Waals surface area (Å²) in [4.78, 5) is 12.3. The molecule has 5 nitrogen and oxygen atoms in total. The third-order valence-corrected chi connectivity index (χ3v) is 8.11. The van der Waals surface area contributed by atoms with Crippen molar-refractivity contribution < 1.29 is 31.1 Å². The summed E-state index contributed by atoms with van der Waals surface area (Å²) in [6.07, 6.45) is 6.02. The summed E-state index contributed by atoms with van der Waals surface area (Å²) in [6, 6.07) is 0. The molecule has 1 unspecified atom stereocenters. The normalized spacial score (nSPS) is 16.0. The van der Waals surface area contributed by atoms with E-state index in [0.29, 0.717) is 33.1 Å². The first kappa shape index (κ1) is 19.1. The van der Waals surface area contributed by atoms with Crippen molar-refractivity contribution in [3.8, 4) is 0 Å². The molecule has 0 aromatic carbocycles. The van der Waals surface area contributed by atoms with E-state index in [4.69, 9.17) is 4.74 Å². The molecule has 0 amide bonds. The molecule has 0 aliphatic heterocycles. The first-order valence-electron chi connectivity index (χ1n) is 6.78. The van der Waals surface area contributed by atoms with Gasteiger partial charge in [-0.05, 0) is 42.3 Å². The van der Waals surface area contributed by atoms with Crippen LogP contribution in [0.1, 0.15) is 34.1 Å². The number of rotatable bonds is 4. The highest BCUT2D eigenvalue weighted by Crippen LogP contribution is 2.37. The molecule has 2 rings (SSSR count). The number of hydrogen-bond acceptors (Lipinski definition) is 5. The van der Waals surface area contributed by atoms with Gasteiger partial charge in [0.25, 0.3) is 0 Å². The molecule has 24 heavy (non-hydrogen) atoms. The van der Waals surface area contributed by atoms with E-state index in [-0.39, 0.29) is 6.61 Å². The Morgan fingerprint density at radius 3 is 2.71 bits per heavy atom. The third-order valence-electron chi connectivity index (χ3n) is 3.09. The van der Waals surface area contributed by atoms with E-state index in [0.717, 1.165) is 11.3 Å². The minimum Gasteiger partial charge on any atom is -0.462 e. The van der Waals surface area contributed by atoms with E-state index in [1.165, 1.54) is 6.26 Å². The largest absolute Gasteiger partial charge is 0.519 e. The zero-order valence-electron chi connectivity index (χ0n) is 12.7. The molecular formula is C13H14F3NO4S3. The Balaban J connectivity index is 2.56. The monoisotopic (exact) mass is 401 g/mol. The molecule has 0 N–H and O–H groups in total. The average molecular weight is 401 g/mol. The number of carbonyl (C=O) groups excluding carboxylic acids is 1. The van der Waals surface area contributed by atoms with E-state index < -0.39 is 32.2 Å². The van der Waals surface area contributed by atoms with Gasteiger partial charge in [-0.15, -0.1) is 15.1 Å². The Hall–Kier alpha value is -1.20. The van der Waals surface area contributed by atoms with Gasteiger partial charge in [0.15, 0.2) is 0 Å². The van der Waals surface area contributed by atoms with Crippen LogP contribution in [-0.2, 0) is 31.9 Å². The molecule has 1 aromatic heterocycles. The fraction of sp³-hybridized carbons (Fsp3) is 0.462. The van der Waals surface area contributed by atoms with E-state index in [1.807, 2.05) is 6.08 Å². The molecule has 1 aromatic rings. The van der Waals surface area contributed by atoms with Crippen molar-refractivity contribution in [2.45, 2.75) is 29.5 Å². The highest BCUT2D eigenvalue weighted by Gasteiger charge is 2.46. The molecule has 0 bridgehead atoms. The molecule has 1 atom stereocenters. The van der Waals surface area contributed by atoms with E-state index in [2.05, 4.69) is 3.77 Å². The molecule has 0 radical (unpaired) electrons. The van der Waals surface area contributed by atoms with Gasteiger partial charge in [-0.2, -0.15) is 21.6 Å². The van der Waals surface area contributed by atoms with Crippen molar-refractivity contribution in [2.24, 2.45) is 3.77 Å². The molecule has 134 valence electrons. The zero-order valence-corrected chi connectivity index (χ0v) is 15.2. The van der Waals surface area contributed by atoms with Gasteiger partial charge in [0.1, 0.15) is 4.88 Å². The number of alkyl halides is 3. The lowest BCUT2D eigenvalue weighted by Crippen LogP contribution is -2.21. The Labute approximate surface area is 143 Å². The van der Waals surface area contributed by atoms with Crippen LogP contribution < -0.4 is 0 Å². The molecule has 1 heterocycles. The minimum atomic E-state index is -5.59. The number of hydrogen-bond donors (Lipinski definition) is 0. The van der Waals surface area contributed by atoms with E-state index >= 15 is 0 Å². The van der Waals surface area contributed by atoms with Gasteiger partial charge in [-0.25, -0.2) is 4.79 Å². The van der Waals surface area contributed by atoms with Crippen molar-refractivity contribution in [1.29, 1.82) is 0 Å². The van der Waals surface area contributed by atoms with Gasteiger partial charge >= 0.3 is 21.5 Å². The van der Waals surface area contributed by atoms with Gasteiger partial charge in [0.05, 0.1) is 10.8 Å². The molecule has 1 aliphatic carbocycles. The Morgan fingerprint density at radius 2 is 2.12 bits per heavy atom. The smallest absolute Gasteiger partial charge is 0.462 e. The minimum absolute atomic E-state index is 0.168. The molecule has 11 heteroatoms. The van der Waals surface area contributed by atoms with Crippen LogP contribution in [0.5, 0.6) is 0 Å². The molecule has 0 saturated carbocycles. The number of fused-ring (bicyclic) bond motifs is 1. The van der Waals surface area contributed by atoms with Crippen LogP contribution >= 0.6 is 11.3 Å². The second-order valence-corrected chi connectivity index (χ2v) is 9.40. The highest BCUT2D eigenvalue weighted by molar-refractivity contribution is 8.01. The Morgan fingerprint density at radius 1 is 1.46 bits per heavy atom. The van der Waals surface area contributed by atoms with Gasteiger partial charge in [0, 0.05) is 5.56 Å². The maximum atomic E-state index is 12.5. The van der Waals surface area contributed by atoms with Crippen LogP contribution in [0.4, 0.5) is 13.2 Å². The summed E-state index contributed by atoms with van der Waals surface area (Å²) in [6.45, 7) is 1.82. The predicted molar refractivity (Wildman–Crippen MR) is 86.6 cm³/mol. The summed E-state index contributed by atoms with van der Waals surface area (Å²) in [7, 11) is -7.15. The molecule has 1 aliphatic rings. The summed E-state index contributed by atoms with van der Waals surface area (Å²) in [5.74, 6) is -0.559. The average Bonchev–Trinajstić information content (AvgIpc) is 2.85. The number of nitrogens with zero attached hydrogens (tertiary/aromatic N) is 1. The summed E-state index contributed by atoms with van der Waals surface area (Å²) in [5.41, 5.74) is -4.19. The first-order chi connectivity index (χ1) is 11.1. The van der Waals surface area contributed by atoms with Crippen molar-refractivity contribution in [3.63, 3.8) is 0 Å². The number of halogens is 3. The van der Waals surface area contributed by atoms with E-state index in [9.17, 15) is 26.4 Å². The Kier molecular flexibility index (Phi) is 5.55. The van der Waals surface area contributed by atoms with Crippen LogP contribution in [-0.4, -0.2) is 32.8 Å². The van der Waals surface area contributed by atoms with Crippen LogP contribution in [0.2, 0.25) is 0 Å². The molecular weight excluding hydrogens is 387 g/mol. The van der Waals surface area contributed by atoms with Crippen LogP contribution in [0, 0.1) is 0 Å². The number of carbonyl (C=O) groups is 1. The van der Waals surface area contributed by atoms with Gasteiger partial charge < -0.3 is 4.74 Å². The first-order valence-corrected chi connectivity index (χ1v) is 10.6. The lowest BCUT2D eigenvalue weighted by atomic mass is 10.00. The number of ether oxygens (including phenoxy) is 1. The molecule has 0 saturated heterocycles. The van der Waals surface area contributed by atoms with Crippen LogP contribution in [0.25, 0.3) is 6.08 Å². The Bertz CT molecular complexity index is 822. The number of allylic oxidation sites excluding steroid dienone is 1. The number of sulfonamides is 1. The van der Waals surface area contributed by atoms with Crippen molar-refractivity contribution in [2.75, 3.05) is 12.9 Å². The predicted octanol–water partition coefficient (Wildman–Crippen LogP) is 3.52. The fourth-order valence-corrected chi connectivity index (χ4v) is 6.37. The van der Waals surface area contributed by atoms with Gasteiger partial charge in [-0.3, -0.25) is 0 Å². The zero-order chi connectivity index (χ0) is 18.1. The lowest BCUT2D eigenvalue weighted by molar-refractivity contribution is -0.0434. The molecule has 0 fully saturated rings. The quantitative estimate of drug-likeness (QED) is 0.724.